The first-order valence-electron chi connectivity index (χ1n) is 6.10. The van der Waals surface area contributed by atoms with Crippen LogP contribution >= 0.6 is 11.3 Å². The van der Waals surface area contributed by atoms with Gasteiger partial charge in [-0.3, -0.25) is 4.98 Å². The van der Waals surface area contributed by atoms with Crippen molar-refractivity contribution in [3.8, 4) is 5.88 Å². The van der Waals surface area contributed by atoms with Crippen LogP contribution < -0.4 is 5.69 Å². The topological polar surface area (TPSA) is 126 Å². The van der Waals surface area contributed by atoms with E-state index >= 15 is 0 Å². The van der Waals surface area contributed by atoms with E-state index in [2.05, 4.69) is 0 Å². The Morgan fingerprint density at radius 3 is 2.39 bits per heavy atom. The van der Waals surface area contributed by atoms with Crippen LogP contribution in [0, 0.1) is 0 Å². The Kier molecular flexibility index (Phi) is 3.39. The molecule has 0 amide bonds. The van der Waals surface area contributed by atoms with Crippen LogP contribution in [0.2, 0.25) is 0 Å². The molecule has 0 radical (unpaired) electrons. The number of hydrogen-bond donors (Lipinski definition) is 2. The van der Waals surface area contributed by atoms with Crippen molar-refractivity contribution in [3.63, 3.8) is 0 Å². The normalized spacial score (nSPS) is 12.7. The van der Waals surface area contributed by atoms with E-state index in [1.54, 1.807) is 18.2 Å². The Labute approximate surface area is 134 Å². The molecule has 0 aliphatic heterocycles. The first kappa shape index (κ1) is 15.8. The minimum absolute atomic E-state index is 0.270. The van der Waals surface area contributed by atoms with Gasteiger partial charge in [-0.05, 0) is 6.07 Å². The second-order valence-corrected chi connectivity index (χ2v) is 9.75. The molecule has 0 unspecified atom stereocenters. The zero-order valence-electron chi connectivity index (χ0n) is 11.5. The zero-order valence-corrected chi connectivity index (χ0v) is 14.0. The number of fused-ring (bicyclic) bond motifs is 1. The first-order valence-corrected chi connectivity index (χ1v) is 10.2. The molecule has 2 aromatic heterocycles. The Morgan fingerprint density at radius 1 is 1.17 bits per heavy atom. The van der Waals surface area contributed by atoms with Gasteiger partial charge in [0, 0.05) is 16.3 Å². The highest BCUT2D eigenvalue weighted by Gasteiger charge is 2.32. The fourth-order valence-corrected chi connectivity index (χ4v) is 7.23. The maximum Gasteiger partial charge on any atom is 0.342 e. The van der Waals surface area contributed by atoms with Crippen LogP contribution in [0.4, 0.5) is 0 Å². The highest BCUT2D eigenvalue weighted by atomic mass is 32.2. The zero-order chi connectivity index (χ0) is 17.0. The Balaban J connectivity index is 2.45. The van der Waals surface area contributed by atoms with Gasteiger partial charge in [-0.2, -0.15) is 12.4 Å². The third-order valence-corrected chi connectivity index (χ3v) is 7.79. The molecule has 0 fully saturated rings. The monoisotopic (exact) mass is 374 g/mol. The maximum absolute atomic E-state index is 12.7. The van der Waals surface area contributed by atoms with Gasteiger partial charge in [-0.1, -0.05) is 18.2 Å². The Morgan fingerprint density at radius 2 is 1.83 bits per heavy atom. The predicted octanol–water partition coefficient (Wildman–Crippen LogP) is 0.737. The van der Waals surface area contributed by atoms with Gasteiger partial charge >= 0.3 is 5.69 Å². The van der Waals surface area contributed by atoms with Crippen LogP contribution in [0.25, 0.3) is 10.1 Å². The van der Waals surface area contributed by atoms with Crippen molar-refractivity contribution in [2.75, 3.05) is 6.26 Å². The lowest BCUT2D eigenvalue weighted by Crippen LogP contribution is -2.25. The number of nitrogens with one attached hydrogen (secondary N) is 1. The largest absolute Gasteiger partial charge is 0.493 e. The minimum Gasteiger partial charge on any atom is -0.493 e. The van der Waals surface area contributed by atoms with E-state index < -0.39 is 35.6 Å². The van der Waals surface area contributed by atoms with Gasteiger partial charge in [0.15, 0.2) is 14.0 Å². The van der Waals surface area contributed by atoms with Crippen LogP contribution in [0.1, 0.15) is 0 Å². The third-order valence-electron chi connectivity index (χ3n) is 3.06. The molecule has 8 nitrogen and oxygen atoms in total. The van der Waals surface area contributed by atoms with Crippen molar-refractivity contribution in [2.24, 2.45) is 0 Å². The lowest BCUT2D eigenvalue weighted by molar-refractivity contribution is 0.455. The number of thiophene rings is 1. The highest BCUT2D eigenvalue weighted by Crippen LogP contribution is 2.38. The van der Waals surface area contributed by atoms with E-state index in [4.69, 9.17) is 0 Å². The van der Waals surface area contributed by atoms with Gasteiger partial charge in [0.05, 0.1) is 6.20 Å². The second-order valence-electron chi connectivity index (χ2n) is 4.73. The van der Waals surface area contributed by atoms with Crippen LogP contribution in [0.15, 0.2) is 44.4 Å². The van der Waals surface area contributed by atoms with E-state index in [1.807, 2.05) is 4.98 Å². The maximum atomic E-state index is 12.7. The Bertz CT molecular complexity index is 1180. The molecule has 23 heavy (non-hydrogen) atoms. The molecule has 0 atom stereocenters. The molecule has 0 aliphatic carbocycles. The number of aromatic hydroxyl groups is 1. The average molecular weight is 374 g/mol. The molecule has 0 bridgehead atoms. The molecule has 11 heteroatoms. The summed E-state index contributed by atoms with van der Waals surface area (Å²) < 4.78 is 49.8. The molecule has 0 saturated carbocycles. The quantitative estimate of drug-likeness (QED) is 0.696. The summed E-state index contributed by atoms with van der Waals surface area (Å²) in [4.78, 5) is 13.2. The standard InChI is InChI=1S/C12H10N2O6S3/c1-22(17,18)10-7-4-2-3-5-8(7)21-11(10)23(19,20)14-6-9(15)13-12(14)16/h2-6,15H,1H3,(H,13,16). The fourth-order valence-electron chi connectivity index (χ4n) is 2.15. The van der Waals surface area contributed by atoms with E-state index in [0.717, 1.165) is 17.6 Å². The fraction of sp³-hybridized carbons (Fsp3) is 0.0833. The summed E-state index contributed by atoms with van der Waals surface area (Å²) in [6.45, 7) is 0. The smallest absolute Gasteiger partial charge is 0.342 e. The summed E-state index contributed by atoms with van der Waals surface area (Å²) in [5.74, 6) is -0.638. The summed E-state index contributed by atoms with van der Waals surface area (Å²) in [7, 11) is -8.34. The van der Waals surface area contributed by atoms with Crippen molar-refractivity contribution >= 4 is 41.3 Å². The van der Waals surface area contributed by atoms with Crippen molar-refractivity contribution in [3.05, 3.63) is 40.9 Å². The summed E-state index contributed by atoms with van der Waals surface area (Å²) >= 11 is 0.748. The van der Waals surface area contributed by atoms with Crippen molar-refractivity contribution in [2.45, 2.75) is 9.10 Å². The average Bonchev–Trinajstić information content (AvgIpc) is 2.98. The van der Waals surface area contributed by atoms with Crippen molar-refractivity contribution in [1.29, 1.82) is 0 Å². The van der Waals surface area contributed by atoms with Gasteiger partial charge in [-0.15, -0.1) is 11.3 Å². The molecule has 2 heterocycles. The number of benzene rings is 1. The van der Waals surface area contributed by atoms with Gasteiger partial charge < -0.3 is 5.11 Å². The van der Waals surface area contributed by atoms with Crippen LogP contribution in [-0.2, 0) is 19.9 Å². The summed E-state index contributed by atoms with van der Waals surface area (Å²) in [6.07, 6.45) is 1.59. The molecule has 3 rings (SSSR count). The third kappa shape index (κ3) is 2.46. The van der Waals surface area contributed by atoms with E-state index in [0.29, 0.717) is 10.9 Å². The molecular weight excluding hydrogens is 364 g/mol. The predicted molar refractivity (Wildman–Crippen MR) is 84.2 cm³/mol. The molecule has 0 saturated heterocycles. The number of nitrogens with zero attached hydrogens (tertiary/aromatic N) is 1. The lowest BCUT2D eigenvalue weighted by Gasteiger charge is -2.04. The van der Waals surface area contributed by atoms with E-state index in [1.165, 1.54) is 6.07 Å². The van der Waals surface area contributed by atoms with Crippen LogP contribution in [-0.4, -0.2) is 37.2 Å². The number of hydrogen-bond acceptors (Lipinski definition) is 7. The highest BCUT2D eigenvalue weighted by molar-refractivity contribution is 7.95. The number of rotatable bonds is 3. The van der Waals surface area contributed by atoms with Gasteiger partial charge in [0.1, 0.15) is 4.90 Å². The number of aromatic amines is 1. The molecule has 3 aromatic rings. The summed E-state index contributed by atoms with van der Waals surface area (Å²) in [6, 6.07) is 6.33. The molecule has 0 aliphatic rings. The number of aromatic nitrogens is 2. The van der Waals surface area contributed by atoms with Gasteiger partial charge in [0.25, 0.3) is 10.0 Å². The summed E-state index contributed by atoms with van der Waals surface area (Å²) in [5, 5.41) is 9.53. The molecule has 0 spiro atoms. The number of H-pyrrole nitrogens is 1. The molecule has 1 aromatic carbocycles. The Hall–Kier alpha value is -2.11. The number of sulfone groups is 1. The van der Waals surface area contributed by atoms with Crippen LogP contribution in [0.5, 0.6) is 5.88 Å². The summed E-state index contributed by atoms with van der Waals surface area (Å²) in [5.41, 5.74) is -1.08. The molecule has 2 N–H and O–H groups in total. The lowest BCUT2D eigenvalue weighted by atomic mass is 10.3. The first-order chi connectivity index (χ1) is 10.6. The minimum atomic E-state index is -4.47. The SMILES string of the molecule is CS(=O)(=O)c1c(S(=O)(=O)n2cc(O)[nH]c2=O)sc2ccccc12. The van der Waals surface area contributed by atoms with Gasteiger partial charge in [0.2, 0.25) is 5.88 Å². The molecule has 122 valence electrons. The van der Waals surface area contributed by atoms with Crippen molar-refractivity contribution in [1.82, 2.24) is 8.96 Å². The van der Waals surface area contributed by atoms with Gasteiger partial charge in [-0.25, -0.2) is 13.2 Å². The van der Waals surface area contributed by atoms with Crippen LogP contribution in [0.3, 0.4) is 0 Å². The van der Waals surface area contributed by atoms with Crippen molar-refractivity contribution < 1.29 is 21.9 Å². The van der Waals surface area contributed by atoms with E-state index in [9.17, 15) is 26.7 Å². The second kappa shape index (κ2) is 4.94. The number of imidazole rings is 1. The van der Waals surface area contributed by atoms with E-state index in [-0.39, 0.29) is 14.3 Å². The molecular formula is C12H10N2O6S3.